The SMILES string of the molecule is CC[C@@H]1[C@@H]2C=C(Cc3ccccc3)C[C@@H]21. The highest BCUT2D eigenvalue weighted by atomic mass is 14.5. The average molecular weight is 198 g/mol. The Labute approximate surface area is 92.0 Å². The van der Waals surface area contributed by atoms with Crippen molar-refractivity contribution in [2.45, 2.75) is 26.2 Å². The lowest BCUT2D eigenvalue weighted by molar-refractivity contribution is 0.662. The topological polar surface area (TPSA) is 0 Å². The summed E-state index contributed by atoms with van der Waals surface area (Å²) in [6.07, 6.45) is 6.50. The van der Waals surface area contributed by atoms with Crippen LogP contribution in [-0.4, -0.2) is 0 Å². The normalized spacial score (nSPS) is 32.3. The fourth-order valence-corrected chi connectivity index (χ4v) is 3.22. The van der Waals surface area contributed by atoms with Crippen molar-refractivity contribution in [2.24, 2.45) is 17.8 Å². The van der Waals surface area contributed by atoms with Crippen molar-refractivity contribution in [3.8, 4) is 0 Å². The van der Waals surface area contributed by atoms with Crippen molar-refractivity contribution < 1.29 is 0 Å². The molecule has 0 radical (unpaired) electrons. The van der Waals surface area contributed by atoms with Crippen LogP contribution in [0, 0.1) is 17.8 Å². The van der Waals surface area contributed by atoms with E-state index < -0.39 is 0 Å². The van der Waals surface area contributed by atoms with E-state index in [-0.39, 0.29) is 0 Å². The predicted octanol–water partition coefficient (Wildman–Crippen LogP) is 3.83. The van der Waals surface area contributed by atoms with Crippen molar-refractivity contribution in [1.82, 2.24) is 0 Å². The minimum Gasteiger partial charge on any atom is -0.0813 e. The zero-order chi connectivity index (χ0) is 10.3. The molecule has 3 rings (SSSR count). The van der Waals surface area contributed by atoms with E-state index in [0.29, 0.717) is 0 Å². The van der Waals surface area contributed by atoms with Crippen LogP contribution in [0.5, 0.6) is 0 Å². The molecular formula is C15H18. The predicted molar refractivity (Wildman–Crippen MR) is 63.6 cm³/mol. The zero-order valence-corrected chi connectivity index (χ0v) is 9.32. The molecule has 0 nitrogen and oxygen atoms in total. The van der Waals surface area contributed by atoms with Crippen LogP contribution in [0.2, 0.25) is 0 Å². The second-order valence-corrected chi connectivity index (χ2v) is 5.00. The Kier molecular flexibility index (Phi) is 2.16. The Morgan fingerprint density at radius 2 is 2.00 bits per heavy atom. The molecule has 1 aromatic rings. The van der Waals surface area contributed by atoms with E-state index in [4.69, 9.17) is 0 Å². The largest absolute Gasteiger partial charge is 0.0813 e. The minimum atomic E-state index is 0.953. The molecule has 0 saturated heterocycles. The van der Waals surface area contributed by atoms with Gasteiger partial charge in [-0.05, 0) is 36.2 Å². The van der Waals surface area contributed by atoms with Gasteiger partial charge in [0.15, 0.2) is 0 Å². The summed E-state index contributed by atoms with van der Waals surface area (Å²) < 4.78 is 0. The van der Waals surface area contributed by atoms with Crippen LogP contribution in [0.4, 0.5) is 0 Å². The number of hydrogen-bond acceptors (Lipinski definition) is 0. The number of allylic oxidation sites excluding steroid dienone is 2. The van der Waals surface area contributed by atoms with E-state index in [0.717, 1.165) is 17.8 Å². The molecule has 0 aliphatic heterocycles. The van der Waals surface area contributed by atoms with Gasteiger partial charge in [0.25, 0.3) is 0 Å². The van der Waals surface area contributed by atoms with E-state index in [2.05, 4.69) is 43.3 Å². The van der Waals surface area contributed by atoms with Crippen molar-refractivity contribution in [1.29, 1.82) is 0 Å². The van der Waals surface area contributed by atoms with Gasteiger partial charge in [-0.15, -0.1) is 0 Å². The van der Waals surface area contributed by atoms with Crippen LogP contribution in [0.1, 0.15) is 25.3 Å². The monoisotopic (exact) mass is 198 g/mol. The Morgan fingerprint density at radius 1 is 1.20 bits per heavy atom. The minimum absolute atomic E-state index is 0.953. The van der Waals surface area contributed by atoms with Gasteiger partial charge in [0, 0.05) is 0 Å². The smallest absolute Gasteiger partial charge is 0.00669 e. The fourth-order valence-electron chi connectivity index (χ4n) is 3.22. The van der Waals surface area contributed by atoms with Crippen molar-refractivity contribution in [2.75, 3.05) is 0 Å². The molecule has 0 amide bonds. The van der Waals surface area contributed by atoms with Crippen LogP contribution in [0.15, 0.2) is 42.0 Å². The lowest BCUT2D eigenvalue weighted by Gasteiger charge is -2.05. The third-order valence-corrected chi connectivity index (χ3v) is 4.07. The third-order valence-electron chi connectivity index (χ3n) is 4.07. The van der Waals surface area contributed by atoms with Gasteiger partial charge in [0.1, 0.15) is 0 Å². The van der Waals surface area contributed by atoms with Gasteiger partial charge in [-0.2, -0.15) is 0 Å². The quantitative estimate of drug-likeness (QED) is 0.647. The molecule has 0 aromatic heterocycles. The van der Waals surface area contributed by atoms with Crippen molar-refractivity contribution >= 4 is 0 Å². The van der Waals surface area contributed by atoms with Crippen LogP contribution >= 0.6 is 0 Å². The summed E-state index contributed by atoms with van der Waals surface area (Å²) in [6, 6.07) is 10.8. The Morgan fingerprint density at radius 3 is 2.60 bits per heavy atom. The second kappa shape index (κ2) is 3.52. The number of hydrogen-bond donors (Lipinski definition) is 0. The number of rotatable bonds is 3. The summed E-state index contributed by atoms with van der Waals surface area (Å²) in [4.78, 5) is 0. The van der Waals surface area contributed by atoms with Crippen LogP contribution in [0.3, 0.4) is 0 Å². The van der Waals surface area contributed by atoms with Gasteiger partial charge >= 0.3 is 0 Å². The molecule has 2 aliphatic rings. The number of fused-ring (bicyclic) bond motifs is 1. The molecule has 2 aliphatic carbocycles. The molecule has 15 heavy (non-hydrogen) atoms. The van der Waals surface area contributed by atoms with Gasteiger partial charge in [-0.3, -0.25) is 0 Å². The summed E-state index contributed by atoms with van der Waals surface area (Å²) in [6.45, 7) is 2.33. The van der Waals surface area contributed by atoms with Crippen molar-refractivity contribution in [3.63, 3.8) is 0 Å². The third kappa shape index (κ3) is 1.62. The number of benzene rings is 1. The second-order valence-electron chi connectivity index (χ2n) is 5.00. The summed E-state index contributed by atoms with van der Waals surface area (Å²) in [7, 11) is 0. The van der Waals surface area contributed by atoms with Crippen molar-refractivity contribution in [3.05, 3.63) is 47.5 Å². The van der Waals surface area contributed by atoms with Gasteiger partial charge in [-0.25, -0.2) is 0 Å². The Bertz CT molecular complexity index is 374. The highest BCUT2D eigenvalue weighted by Crippen LogP contribution is 2.57. The molecule has 1 saturated carbocycles. The first-order chi connectivity index (χ1) is 7.38. The molecule has 0 bridgehead atoms. The Balaban J connectivity index is 1.65. The van der Waals surface area contributed by atoms with E-state index in [9.17, 15) is 0 Å². The van der Waals surface area contributed by atoms with E-state index in [1.807, 2.05) is 0 Å². The molecule has 3 atom stereocenters. The van der Waals surface area contributed by atoms with E-state index >= 15 is 0 Å². The standard InChI is InChI=1S/C15H18/c1-2-13-14-9-12(10-15(13)14)8-11-6-4-3-5-7-11/h3-7,9,13-15H,2,8,10H2,1H3/t13-,14+,15-/m1/s1. The first-order valence-corrected chi connectivity index (χ1v) is 6.12. The highest BCUT2D eigenvalue weighted by Gasteiger charge is 2.50. The average Bonchev–Trinajstić information content (AvgIpc) is 2.75. The van der Waals surface area contributed by atoms with Crippen LogP contribution in [0.25, 0.3) is 0 Å². The molecule has 0 heterocycles. The summed E-state index contributed by atoms with van der Waals surface area (Å²) in [5, 5.41) is 0. The highest BCUT2D eigenvalue weighted by molar-refractivity contribution is 5.30. The van der Waals surface area contributed by atoms with Gasteiger partial charge in [0.05, 0.1) is 0 Å². The first kappa shape index (κ1) is 9.21. The van der Waals surface area contributed by atoms with Crippen LogP contribution in [-0.2, 0) is 6.42 Å². The maximum Gasteiger partial charge on any atom is -0.00669 e. The van der Waals surface area contributed by atoms with Gasteiger partial charge in [-0.1, -0.05) is 55.3 Å². The van der Waals surface area contributed by atoms with Gasteiger partial charge < -0.3 is 0 Å². The van der Waals surface area contributed by atoms with E-state index in [1.54, 1.807) is 5.57 Å². The zero-order valence-electron chi connectivity index (χ0n) is 9.32. The Hall–Kier alpha value is -1.04. The molecule has 1 aromatic carbocycles. The summed E-state index contributed by atoms with van der Waals surface area (Å²) in [5.41, 5.74) is 3.15. The maximum absolute atomic E-state index is 2.56. The summed E-state index contributed by atoms with van der Waals surface area (Å²) in [5.74, 6) is 3.01. The van der Waals surface area contributed by atoms with Crippen LogP contribution < -0.4 is 0 Å². The van der Waals surface area contributed by atoms with E-state index in [1.165, 1.54) is 24.8 Å². The lowest BCUT2D eigenvalue weighted by atomic mass is 10.0. The maximum atomic E-state index is 2.56. The molecule has 1 fully saturated rings. The molecule has 0 unspecified atom stereocenters. The lowest BCUT2D eigenvalue weighted by Crippen LogP contribution is -1.92. The summed E-state index contributed by atoms with van der Waals surface area (Å²) >= 11 is 0. The molecule has 0 spiro atoms. The first-order valence-electron chi connectivity index (χ1n) is 6.12. The van der Waals surface area contributed by atoms with Gasteiger partial charge in [0.2, 0.25) is 0 Å². The molecule has 0 heteroatoms. The fraction of sp³-hybridized carbons (Fsp3) is 0.467. The molecule has 0 N–H and O–H groups in total. The molecule has 78 valence electrons. The molecular weight excluding hydrogens is 180 g/mol.